The molecule has 8 heteroatoms. The summed E-state index contributed by atoms with van der Waals surface area (Å²) in [4.78, 5) is 33.6. The van der Waals surface area contributed by atoms with E-state index in [4.69, 9.17) is 9.84 Å². The number of ether oxygens (including phenoxy) is 1. The van der Waals surface area contributed by atoms with Gasteiger partial charge in [-0.15, -0.1) is 0 Å². The molecule has 2 N–H and O–H groups in total. The standard InChI is InChI=1S/C15H20N2O6/c1-9-11(17(21)22)7-10(8-12(9)23-4)13(18)16-6-5-15(2,3)14(19)20/h7-8H,5-6H2,1-4H3,(H,16,18)(H,19,20). The fourth-order valence-corrected chi connectivity index (χ4v) is 1.90. The van der Waals surface area contributed by atoms with Crippen LogP contribution in [-0.2, 0) is 4.79 Å². The average Bonchev–Trinajstić information content (AvgIpc) is 2.46. The molecule has 1 rings (SSSR count). The van der Waals surface area contributed by atoms with Gasteiger partial charge in [0.2, 0.25) is 0 Å². The van der Waals surface area contributed by atoms with Crippen LogP contribution in [-0.4, -0.2) is 35.6 Å². The Morgan fingerprint density at radius 2 is 2.00 bits per heavy atom. The number of nitrogens with one attached hydrogen (secondary N) is 1. The Bertz CT molecular complexity index is 639. The van der Waals surface area contributed by atoms with Gasteiger partial charge >= 0.3 is 5.97 Å². The van der Waals surface area contributed by atoms with Crippen molar-refractivity contribution in [3.05, 3.63) is 33.4 Å². The zero-order chi connectivity index (χ0) is 17.8. The van der Waals surface area contributed by atoms with Crippen LogP contribution >= 0.6 is 0 Å². The first-order valence-electron chi connectivity index (χ1n) is 6.94. The van der Waals surface area contributed by atoms with Gasteiger partial charge in [0.15, 0.2) is 0 Å². The number of rotatable bonds is 7. The topological polar surface area (TPSA) is 119 Å². The Hall–Kier alpha value is -2.64. The van der Waals surface area contributed by atoms with Crippen molar-refractivity contribution in [1.82, 2.24) is 5.32 Å². The monoisotopic (exact) mass is 324 g/mol. The SMILES string of the molecule is COc1cc(C(=O)NCCC(C)(C)C(=O)O)cc([N+](=O)[O-])c1C. The van der Waals surface area contributed by atoms with Crippen molar-refractivity contribution in [2.45, 2.75) is 27.2 Å². The highest BCUT2D eigenvalue weighted by Gasteiger charge is 2.27. The molecule has 0 aliphatic heterocycles. The number of carboxylic acid groups (broad SMARTS) is 1. The summed E-state index contributed by atoms with van der Waals surface area (Å²) in [5, 5.41) is 22.6. The number of carbonyl (C=O) groups is 2. The zero-order valence-electron chi connectivity index (χ0n) is 13.5. The fourth-order valence-electron chi connectivity index (χ4n) is 1.90. The van der Waals surface area contributed by atoms with Crippen molar-refractivity contribution < 1.29 is 24.4 Å². The number of aliphatic carboxylic acids is 1. The molecule has 1 aromatic rings. The summed E-state index contributed by atoms with van der Waals surface area (Å²) in [5.74, 6) is -1.23. The van der Waals surface area contributed by atoms with Crippen molar-refractivity contribution in [2.75, 3.05) is 13.7 Å². The van der Waals surface area contributed by atoms with Crippen molar-refractivity contribution in [3.63, 3.8) is 0 Å². The van der Waals surface area contributed by atoms with Gasteiger partial charge in [0, 0.05) is 18.2 Å². The lowest BCUT2D eigenvalue weighted by Gasteiger charge is -2.19. The molecule has 0 bridgehead atoms. The highest BCUT2D eigenvalue weighted by molar-refractivity contribution is 5.95. The van der Waals surface area contributed by atoms with Gasteiger partial charge in [-0.25, -0.2) is 0 Å². The van der Waals surface area contributed by atoms with Crippen LogP contribution in [0, 0.1) is 22.5 Å². The number of carboxylic acids is 1. The molecule has 23 heavy (non-hydrogen) atoms. The Kier molecular flexibility index (Phi) is 5.67. The van der Waals surface area contributed by atoms with Crippen LogP contribution in [0.1, 0.15) is 36.2 Å². The fraction of sp³-hybridized carbons (Fsp3) is 0.467. The average molecular weight is 324 g/mol. The van der Waals surface area contributed by atoms with E-state index < -0.39 is 22.2 Å². The number of benzene rings is 1. The van der Waals surface area contributed by atoms with E-state index in [9.17, 15) is 19.7 Å². The molecule has 126 valence electrons. The summed E-state index contributed by atoms with van der Waals surface area (Å²) in [7, 11) is 1.36. The molecular weight excluding hydrogens is 304 g/mol. The summed E-state index contributed by atoms with van der Waals surface area (Å²) in [6.45, 7) is 4.79. The minimum Gasteiger partial charge on any atom is -0.496 e. The molecule has 0 fully saturated rings. The third-order valence-electron chi connectivity index (χ3n) is 3.63. The molecule has 0 unspecified atom stereocenters. The van der Waals surface area contributed by atoms with E-state index in [1.165, 1.54) is 26.2 Å². The second-order valence-electron chi connectivity index (χ2n) is 5.77. The van der Waals surface area contributed by atoms with E-state index in [1.807, 2.05) is 0 Å². The number of nitro benzene ring substituents is 1. The maximum Gasteiger partial charge on any atom is 0.309 e. The minimum atomic E-state index is -0.968. The van der Waals surface area contributed by atoms with Crippen LogP contribution in [0.15, 0.2) is 12.1 Å². The predicted octanol–water partition coefficient (Wildman–Crippen LogP) is 2.14. The number of methoxy groups -OCH3 is 1. The number of hydrogen-bond donors (Lipinski definition) is 2. The summed E-state index contributed by atoms with van der Waals surface area (Å²) in [5.41, 5.74) is -0.752. The molecule has 0 aliphatic carbocycles. The second-order valence-corrected chi connectivity index (χ2v) is 5.77. The molecule has 0 aromatic heterocycles. The van der Waals surface area contributed by atoms with Gasteiger partial charge in [0.25, 0.3) is 11.6 Å². The molecule has 1 amide bonds. The molecule has 0 aliphatic rings. The Balaban J connectivity index is 2.90. The maximum absolute atomic E-state index is 12.1. The third-order valence-corrected chi connectivity index (χ3v) is 3.63. The molecule has 0 saturated carbocycles. The van der Waals surface area contributed by atoms with Crippen LogP contribution < -0.4 is 10.1 Å². The predicted molar refractivity (Wildman–Crippen MR) is 82.8 cm³/mol. The van der Waals surface area contributed by atoms with E-state index in [2.05, 4.69) is 5.32 Å². The maximum atomic E-state index is 12.1. The first-order valence-corrected chi connectivity index (χ1v) is 6.94. The number of hydrogen-bond acceptors (Lipinski definition) is 5. The Morgan fingerprint density at radius 1 is 1.39 bits per heavy atom. The lowest BCUT2D eigenvalue weighted by Crippen LogP contribution is -2.32. The Morgan fingerprint density at radius 3 is 2.48 bits per heavy atom. The van der Waals surface area contributed by atoms with Gasteiger partial charge < -0.3 is 15.2 Å². The molecule has 1 aromatic carbocycles. The second kappa shape index (κ2) is 7.08. The van der Waals surface area contributed by atoms with Crippen molar-refractivity contribution in [1.29, 1.82) is 0 Å². The lowest BCUT2D eigenvalue weighted by molar-refractivity contribution is -0.385. The molecule has 0 radical (unpaired) electrons. The minimum absolute atomic E-state index is 0.0901. The van der Waals surface area contributed by atoms with Gasteiger partial charge in [-0.3, -0.25) is 19.7 Å². The number of carbonyl (C=O) groups excluding carboxylic acids is 1. The van der Waals surface area contributed by atoms with Crippen LogP contribution in [0.4, 0.5) is 5.69 Å². The smallest absolute Gasteiger partial charge is 0.309 e. The molecule has 0 atom stereocenters. The van der Waals surface area contributed by atoms with Crippen molar-refractivity contribution >= 4 is 17.6 Å². The van der Waals surface area contributed by atoms with E-state index in [1.54, 1.807) is 13.8 Å². The quantitative estimate of drug-likeness (QED) is 0.586. The van der Waals surface area contributed by atoms with E-state index in [0.717, 1.165) is 0 Å². The van der Waals surface area contributed by atoms with Crippen LogP contribution in [0.3, 0.4) is 0 Å². The van der Waals surface area contributed by atoms with E-state index in [-0.39, 0.29) is 30.0 Å². The highest BCUT2D eigenvalue weighted by atomic mass is 16.6. The van der Waals surface area contributed by atoms with Gasteiger partial charge in [-0.05, 0) is 33.3 Å². The summed E-state index contributed by atoms with van der Waals surface area (Å²) in [6.07, 6.45) is 0.235. The van der Waals surface area contributed by atoms with Gasteiger partial charge in [-0.2, -0.15) is 0 Å². The largest absolute Gasteiger partial charge is 0.496 e. The zero-order valence-corrected chi connectivity index (χ0v) is 13.5. The Labute approximate surface area is 133 Å². The molecular formula is C15H20N2O6. The summed E-state index contributed by atoms with van der Waals surface area (Å²) >= 11 is 0. The van der Waals surface area contributed by atoms with Crippen LogP contribution in [0.2, 0.25) is 0 Å². The summed E-state index contributed by atoms with van der Waals surface area (Å²) < 4.78 is 5.05. The van der Waals surface area contributed by atoms with Crippen LogP contribution in [0.5, 0.6) is 5.75 Å². The van der Waals surface area contributed by atoms with Crippen molar-refractivity contribution in [3.8, 4) is 5.75 Å². The van der Waals surface area contributed by atoms with E-state index in [0.29, 0.717) is 5.56 Å². The van der Waals surface area contributed by atoms with Crippen LogP contribution in [0.25, 0.3) is 0 Å². The number of amides is 1. The molecule has 0 heterocycles. The lowest BCUT2D eigenvalue weighted by atomic mass is 9.89. The first-order chi connectivity index (χ1) is 10.6. The van der Waals surface area contributed by atoms with Crippen molar-refractivity contribution in [2.24, 2.45) is 5.41 Å². The highest BCUT2D eigenvalue weighted by Crippen LogP contribution is 2.29. The normalized spacial score (nSPS) is 11.0. The van der Waals surface area contributed by atoms with Gasteiger partial charge in [0.1, 0.15) is 5.75 Å². The molecule has 8 nitrogen and oxygen atoms in total. The molecule has 0 saturated heterocycles. The number of nitrogens with zero attached hydrogens (tertiary/aromatic N) is 1. The molecule has 0 spiro atoms. The number of nitro groups is 1. The van der Waals surface area contributed by atoms with E-state index >= 15 is 0 Å². The summed E-state index contributed by atoms with van der Waals surface area (Å²) in [6, 6.07) is 2.59. The third kappa shape index (κ3) is 4.41. The van der Waals surface area contributed by atoms with Gasteiger partial charge in [0.05, 0.1) is 23.0 Å². The van der Waals surface area contributed by atoms with Gasteiger partial charge in [-0.1, -0.05) is 0 Å². The first kappa shape index (κ1) is 18.4.